The van der Waals surface area contributed by atoms with E-state index in [9.17, 15) is 8.42 Å². The van der Waals surface area contributed by atoms with Gasteiger partial charge in [-0.2, -0.15) is 0 Å². The molecule has 0 amide bonds. The summed E-state index contributed by atoms with van der Waals surface area (Å²) in [5, 5.41) is 3.26. The number of nitrogens with one attached hydrogen (secondary N) is 1. The van der Waals surface area contributed by atoms with Crippen molar-refractivity contribution in [1.29, 1.82) is 0 Å². The van der Waals surface area contributed by atoms with Crippen molar-refractivity contribution in [3.05, 3.63) is 0 Å². The summed E-state index contributed by atoms with van der Waals surface area (Å²) < 4.78 is 23.5. The summed E-state index contributed by atoms with van der Waals surface area (Å²) >= 11 is 0. The highest BCUT2D eigenvalue weighted by molar-refractivity contribution is 7.91. The smallest absolute Gasteiger partial charge is 0.150 e. The normalized spacial score (nSPS) is 22.9. The number of sulfone groups is 1. The van der Waals surface area contributed by atoms with Gasteiger partial charge in [-0.3, -0.25) is 0 Å². The molecule has 0 aromatic carbocycles. The van der Waals surface area contributed by atoms with Crippen molar-refractivity contribution < 1.29 is 8.42 Å². The van der Waals surface area contributed by atoms with Crippen molar-refractivity contribution in [3.8, 4) is 0 Å². The molecule has 0 spiro atoms. The molecule has 1 aliphatic heterocycles. The van der Waals surface area contributed by atoms with E-state index in [-0.39, 0.29) is 0 Å². The van der Waals surface area contributed by atoms with Crippen molar-refractivity contribution in [2.45, 2.75) is 39.0 Å². The predicted octanol–water partition coefficient (Wildman–Crippen LogP) is 1.59. The Bertz CT molecular complexity index is 256. The first-order valence-electron chi connectivity index (χ1n) is 6.05. The molecule has 1 rings (SSSR count). The number of rotatable bonds is 6. The Morgan fingerprint density at radius 3 is 2.73 bits per heavy atom. The summed E-state index contributed by atoms with van der Waals surface area (Å²) in [6, 6.07) is 0. The van der Waals surface area contributed by atoms with Crippen LogP contribution >= 0.6 is 0 Å². The molecule has 1 unspecified atom stereocenters. The minimum absolute atomic E-state index is 0.352. The van der Waals surface area contributed by atoms with Gasteiger partial charge in [0.2, 0.25) is 0 Å². The van der Waals surface area contributed by atoms with Gasteiger partial charge in [-0.05, 0) is 38.3 Å². The van der Waals surface area contributed by atoms with E-state index in [1.165, 1.54) is 0 Å². The molecule has 1 N–H and O–H groups in total. The van der Waals surface area contributed by atoms with Crippen LogP contribution in [0.25, 0.3) is 0 Å². The van der Waals surface area contributed by atoms with E-state index in [1.54, 1.807) is 0 Å². The van der Waals surface area contributed by atoms with E-state index < -0.39 is 9.84 Å². The molecule has 0 radical (unpaired) electrons. The average molecular weight is 233 g/mol. The topological polar surface area (TPSA) is 46.2 Å². The van der Waals surface area contributed by atoms with Crippen LogP contribution in [0.5, 0.6) is 0 Å². The van der Waals surface area contributed by atoms with Gasteiger partial charge in [0.05, 0.1) is 11.5 Å². The van der Waals surface area contributed by atoms with Gasteiger partial charge in [-0.1, -0.05) is 19.8 Å². The Morgan fingerprint density at radius 1 is 1.33 bits per heavy atom. The fourth-order valence-corrected chi connectivity index (χ4v) is 3.89. The molecule has 0 aliphatic carbocycles. The highest BCUT2D eigenvalue weighted by Crippen LogP contribution is 2.13. The molecule has 1 fully saturated rings. The van der Waals surface area contributed by atoms with Crippen LogP contribution in [0.3, 0.4) is 0 Å². The monoisotopic (exact) mass is 233 g/mol. The zero-order chi connectivity index (χ0) is 11.1. The Labute approximate surface area is 93.6 Å². The summed E-state index contributed by atoms with van der Waals surface area (Å²) in [4.78, 5) is 0. The largest absolute Gasteiger partial charge is 0.316 e. The summed E-state index contributed by atoms with van der Waals surface area (Å²) in [6.07, 6.45) is 5.14. The van der Waals surface area contributed by atoms with E-state index in [2.05, 4.69) is 12.2 Å². The standard InChI is InChI=1S/C11H23NO2S/c1-2-3-4-8-15(13,14)10-11-6-5-7-12-9-11/h11-12H,2-10H2,1H3. The quantitative estimate of drug-likeness (QED) is 0.709. The van der Waals surface area contributed by atoms with Gasteiger partial charge in [0.15, 0.2) is 9.84 Å². The summed E-state index contributed by atoms with van der Waals surface area (Å²) in [5.74, 6) is 1.13. The van der Waals surface area contributed by atoms with Crippen LogP contribution in [-0.4, -0.2) is 33.0 Å². The molecule has 15 heavy (non-hydrogen) atoms. The van der Waals surface area contributed by atoms with Gasteiger partial charge in [0.1, 0.15) is 0 Å². The molecule has 1 aliphatic rings. The Kier molecular flexibility index (Phi) is 5.61. The lowest BCUT2D eigenvalue weighted by molar-refractivity contribution is 0.404. The molecular weight excluding hydrogens is 210 g/mol. The van der Waals surface area contributed by atoms with Crippen LogP contribution in [0.4, 0.5) is 0 Å². The maximum atomic E-state index is 11.7. The SMILES string of the molecule is CCCCCS(=O)(=O)CC1CCCNC1. The molecule has 1 saturated heterocycles. The van der Waals surface area contributed by atoms with E-state index in [1.807, 2.05) is 0 Å². The number of hydrogen-bond acceptors (Lipinski definition) is 3. The zero-order valence-corrected chi connectivity index (χ0v) is 10.5. The van der Waals surface area contributed by atoms with Crippen LogP contribution in [0, 0.1) is 5.92 Å². The van der Waals surface area contributed by atoms with E-state index in [0.717, 1.165) is 45.2 Å². The van der Waals surface area contributed by atoms with Crippen LogP contribution < -0.4 is 5.32 Å². The molecule has 0 bridgehead atoms. The fraction of sp³-hybridized carbons (Fsp3) is 1.00. The maximum absolute atomic E-state index is 11.7. The molecule has 1 heterocycles. The second-order valence-corrected chi connectivity index (χ2v) is 6.76. The third-order valence-corrected chi connectivity index (χ3v) is 4.84. The molecule has 1 atom stereocenters. The van der Waals surface area contributed by atoms with Gasteiger partial charge < -0.3 is 5.32 Å². The highest BCUT2D eigenvalue weighted by atomic mass is 32.2. The van der Waals surface area contributed by atoms with Gasteiger partial charge in [0, 0.05) is 0 Å². The molecule has 0 aromatic heterocycles. The third-order valence-electron chi connectivity index (χ3n) is 2.95. The van der Waals surface area contributed by atoms with Crippen molar-refractivity contribution in [2.75, 3.05) is 24.6 Å². The van der Waals surface area contributed by atoms with E-state index >= 15 is 0 Å². The van der Waals surface area contributed by atoms with Crippen molar-refractivity contribution in [2.24, 2.45) is 5.92 Å². The lowest BCUT2D eigenvalue weighted by Crippen LogP contribution is -2.34. The van der Waals surface area contributed by atoms with Crippen molar-refractivity contribution in [1.82, 2.24) is 5.32 Å². The molecule has 90 valence electrons. The average Bonchev–Trinajstić information content (AvgIpc) is 2.18. The summed E-state index contributed by atoms with van der Waals surface area (Å²) in [5.41, 5.74) is 0. The molecule has 0 aromatic rings. The van der Waals surface area contributed by atoms with Gasteiger partial charge in [-0.25, -0.2) is 8.42 Å². The van der Waals surface area contributed by atoms with Gasteiger partial charge >= 0.3 is 0 Å². The first-order chi connectivity index (χ1) is 7.14. The Balaban J connectivity index is 2.27. The predicted molar refractivity (Wildman–Crippen MR) is 63.8 cm³/mol. The van der Waals surface area contributed by atoms with E-state index in [0.29, 0.717) is 17.4 Å². The maximum Gasteiger partial charge on any atom is 0.150 e. The molecular formula is C11H23NO2S. The summed E-state index contributed by atoms with van der Waals surface area (Å²) in [7, 11) is -2.79. The second kappa shape index (κ2) is 6.48. The van der Waals surface area contributed by atoms with Crippen LogP contribution in [-0.2, 0) is 9.84 Å². The van der Waals surface area contributed by atoms with Crippen LogP contribution in [0.2, 0.25) is 0 Å². The fourth-order valence-electron chi connectivity index (χ4n) is 2.08. The van der Waals surface area contributed by atoms with Crippen molar-refractivity contribution >= 4 is 9.84 Å². The lowest BCUT2D eigenvalue weighted by Gasteiger charge is -2.22. The lowest BCUT2D eigenvalue weighted by atomic mass is 10.0. The first kappa shape index (κ1) is 13.0. The number of piperidine rings is 1. The second-order valence-electron chi connectivity index (χ2n) is 4.53. The van der Waals surface area contributed by atoms with Gasteiger partial charge in [0.25, 0.3) is 0 Å². The van der Waals surface area contributed by atoms with Gasteiger partial charge in [-0.15, -0.1) is 0 Å². The number of hydrogen-bond donors (Lipinski definition) is 1. The minimum atomic E-state index is -2.79. The van der Waals surface area contributed by atoms with Crippen LogP contribution in [0.1, 0.15) is 39.0 Å². The minimum Gasteiger partial charge on any atom is -0.316 e. The van der Waals surface area contributed by atoms with E-state index in [4.69, 9.17) is 0 Å². The highest BCUT2D eigenvalue weighted by Gasteiger charge is 2.20. The Morgan fingerprint density at radius 2 is 2.13 bits per heavy atom. The van der Waals surface area contributed by atoms with Crippen LogP contribution in [0.15, 0.2) is 0 Å². The third kappa shape index (κ3) is 5.52. The molecule has 4 heteroatoms. The number of unbranched alkanes of at least 4 members (excludes halogenated alkanes) is 2. The molecule has 0 saturated carbocycles. The van der Waals surface area contributed by atoms with Crippen molar-refractivity contribution in [3.63, 3.8) is 0 Å². The summed E-state index contributed by atoms with van der Waals surface area (Å²) in [6.45, 7) is 4.02. The molecule has 3 nitrogen and oxygen atoms in total. The first-order valence-corrected chi connectivity index (χ1v) is 7.87. The Hall–Kier alpha value is -0.0900. The zero-order valence-electron chi connectivity index (χ0n) is 9.67.